The van der Waals surface area contributed by atoms with Crippen LogP contribution in [-0.2, 0) is 14.3 Å². The van der Waals surface area contributed by atoms with Gasteiger partial charge in [0.25, 0.3) is 5.91 Å². The molecule has 0 radical (unpaired) electrons. The Labute approximate surface area is 167 Å². The van der Waals surface area contributed by atoms with E-state index in [2.05, 4.69) is 9.73 Å². The first-order valence-corrected chi connectivity index (χ1v) is 9.01. The van der Waals surface area contributed by atoms with Crippen molar-refractivity contribution in [2.24, 2.45) is 4.99 Å². The first kappa shape index (κ1) is 18.8. The third kappa shape index (κ3) is 2.71. The SMILES string of the molecule is COC(=O)CN1C(=O)C2C(N=C3N(c4ccccc4OC)C(C)=CN32)N(C)C1=O. The predicted octanol–water partition coefficient (Wildman–Crippen LogP) is 0.810. The van der Waals surface area contributed by atoms with Gasteiger partial charge in [0.2, 0.25) is 5.96 Å². The average Bonchev–Trinajstić information content (AvgIpc) is 3.23. The molecule has 0 spiro atoms. The lowest BCUT2D eigenvalue weighted by molar-refractivity contribution is -0.148. The number of imide groups is 1. The molecule has 0 saturated carbocycles. The van der Waals surface area contributed by atoms with E-state index in [-0.39, 0.29) is 0 Å². The number of urea groups is 1. The van der Waals surface area contributed by atoms with Gasteiger partial charge in [-0.15, -0.1) is 0 Å². The summed E-state index contributed by atoms with van der Waals surface area (Å²) in [6.45, 7) is 1.46. The number of anilines is 1. The third-order valence-electron chi connectivity index (χ3n) is 5.23. The molecule has 1 aromatic rings. The number of esters is 1. The number of nitrogens with zero attached hydrogens (tertiary/aromatic N) is 5. The molecule has 1 aromatic carbocycles. The lowest BCUT2D eigenvalue weighted by atomic mass is 10.1. The Morgan fingerprint density at radius 2 is 1.93 bits per heavy atom. The maximum Gasteiger partial charge on any atom is 0.328 e. The van der Waals surface area contributed by atoms with Gasteiger partial charge in [-0.1, -0.05) is 12.1 Å². The molecule has 0 bridgehead atoms. The van der Waals surface area contributed by atoms with Crippen molar-refractivity contribution in [1.82, 2.24) is 14.7 Å². The van der Waals surface area contributed by atoms with Crippen LogP contribution in [-0.4, -0.2) is 78.6 Å². The van der Waals surface area contributed by atoms with E-state index in [0.29, 0.717) is 11.7 Å². The summed E-state index contributed by atoms with van der Waals surface area (Å²) in [5.74, 6) is 0.0207. The Balaban J connectivity index is 1.71. The van der Waals surface area contributed by atoms with Gasteiger partial charge in [-0.05, 0) is 19.1 Å². The molecule has 2 atom stereocenters. The summed E-state index contributed by atoms with van der Waals surface area (Å²) >= 11 is 0. The molecule has 10 heteroatoms. The van der Waals surface area contributed by atoms with Crippen molar-refractivity contribution >= 4 is 29.6 Å². The van der Waals surface area contributed by atoms with Crippen LogP contribution in [0.25, 0.3) is 0 Å². The molecule has 152 valence electrons. The molecule has 0 aromatic heterocycles. The zero-order valence-corrected chi connectivity index (χ0v) is 16.5. The third-order valence-corrected chi connectivity index (χ3v) is 5.23. The van der Waals surface area contributed by atoms with Crippen molar-refractivity contribution in [2.75, 3.05) is 32.7 Å². The molecule has 1 fully saturated rings. The van der Waals surface area contributed by atoms with Gasteiger partial charge in [-0.25, -0.2) is 9.79 Å². The van der Waals surface area contributed by atoms with Gasteiger partial charge < -0.3 is 19.3 Å². The number of amides is 3. The summed E-state index contributed by atoms with van der Waals surface area (Å²) in [6.07, 6.45) is 1.12. The zero-order chi connectivity index (χ0) is 20.9. The standard InChI is InChI=1S/C19H21N5O5/c1-11-9-22-15-16(21(2)19(27)23(17(15)26)10-14(25)29-4)20-18(22)24(11)12-7-5-6-8-13(12)28-3/h5-9,15-16H,10H2,1-4H3. The van der Waals surface area contributed by atoms with E-state index in [4.69, 9.17) is 4.74 Å². The highest BCUT2D eigenvalue weighted by atomic mass is 16.5. The van der Waals surface area contributed by atoms with Gasteiger partial charge in [-0.2, -0.15) is 0 Å². The van der Waals surface area contributed by atoms with Crippen molar-refractivity contribution in [3.63, 3.8) is 0 Å². The fourth-order valence-electron chi connectivity index (χ4n) is 3.81. The number of likely N-dealkylation sites (N-methyl/N-ethyl adjacent to an activating group) is 1. The topological polar surface area (TPSA) is 95.0 Å². The fourth-order valence-corrected chi connectivity index (χ4v) is 3.81. The van der Waals surface area contributed by atoms with E-state index >= 15 is 0 Å². The summed E-state index contributed by atoms with van der Waals surface area (Å²) in [4.78, 5) is 48.0. The second kappa shape index (κ2) is 6.80. The molecular formula is C19H21N5O5. The number of hydrogen-bond acceptors (Lipinski definition) is 8. The number of carbonyl (C=O) groups excluding carboxylic acids is 3. The quantitative estimate of drug-likeness (QED) is 0.692. The Kier molecular flexibility index (Phi) is 4.40. The minimum Gasteiger partial charge on any atom is -0.495 e. The predicted molar refractivity (Wildman–Crippen MR) is 103 cm³/mol. The molecule has 3 heterocycles. The van der Waals surface area contributed by atoms with Crippen LogP contribution < -0.4 is 9.64 Å². The molecule has 1 saturated heterocycles. The van der Waals surface area contributed by atoms with Gasteiger partial charge in [0.05, 0.1) is 19.9 Å². The second-order valence-electron chi connectivity index (χ2n) is 6.87. The number of ether oxygens (including phenoxy) is 2. The van der Waals surface area contributed by atoms with Crippen LogP contribution in [0.5, 0.6) is 5.75 Å². The molecule has 3 aliphatic rings. The Morgan fingerprint density at radius 1 is 1.21 bits per heavy atom. The number of allylic oxidation sites excluding steroid dienone is 1. The van der Waals surface area contributed by atoms with E-state index in [1.807, 2.05) is 42.3 Å². The first-order chi connectivity index (χ1) is 13.9. The number of aliphatic imine (C=N–C) groups is 1. The van der Waals surface area contributed by atoms with E-state index in [9.17, 15) is 14.4 Å². The van der Waals surface area contributed by atoms with Crippen molar-refractivity contribution < 1.29 is 23.9 Å². The fraction of sp³-hybridized carbons (Fsp3) is 0.368. The largest absolute Gasteiger partial charge is 0.495 e. The Bertz CT molecular complexity index is 958. The Hall–Kier alpha value is -3.56. The van der Waals surface area contributed by atoms with Crippen LogP contribution in [0, 0.1) is 0 Å². The van der Waals surface area contributed by atoms with E-state index < -0.39 is 36.7 Å². The Morgan fingerprint density at radius 3 is 2.62 bits per heavy atom. The van der Waals surface area contributed by atoms with Crippen LogP contribution >= 0.6 is 0 Å². The minimum atomic E-state index is -0.757. The second-order valence-corrected chi connectivity index (χ2v) is 6.87. The van der Waals surface area contributed by atoms with Gasteiger partial charge in [0, 0.05) is 18.9 Å². The number of carbonyl (C=O) groups is 3. The number of fused-ring (bicyclic) bond motifs is 3. The molecule has 10 nitrogen and oxygen atoms in total. The van der Waals surface area contributed by atoms with Gasteiger partial charge in [0.15, 0.2) is 12.2 Å². The number of guanidine groups is 1. The lowest BCUT2D eigenvalue weighted by Gasteiger charge is -2.39. The number of rotatable bonds is 4. The number of benzene rings is 1. The molecule has 2 unspecified atom stereocenters. The minimum absolute atomic E-state index is 0.441. The van der Waals surface area contributed by atoms with Crippen LogP contribution in [0.1, 0.15) is 6.92 Å². The molecule has 4 rings (SSSR count). The van der Waals surface area contributed by atoms with Crippen LogP contribution in [0.2, 0.25) is 0 Å². The molecular weight excluding hydrogens is 378 g/mol. The van der Waals surface area contributed by atoms with Crippen LogP contribution in [0.15, 0.2) is 41.2 Å². The monoisotopic (exact) mass is 399 g/mol. The average molecular weight is 399 g/mol. The molecule has 0 aliphatic carbocycles. The first-order valence-electron chi connectivity index (χ1n) is 9.01. The van der Waals surface area contributed by atoms with Gasteiger partial charge >= 0.3 is 12.0 Å². The van der Waals surface area contributed by atoms with Crippen LogP contribution in [0.3, 0.4) is 0 Å². The van der Waals surface area contributed by atoms with Crippen molar-refractivity contribution in [3.05, 3.63) is 36.2 Å². The maximum atomic E-state index is 13.1. The number of para-hydroxylation sites is 2. The van der Waals surface area contributed by atoms with Crippen molar-refractivity contribution in [3.8, 4) is 5.75 Å². The highest BCUT2D eigenvalue weighted by Gasteiger charge is 2.55. The summed E-state index contributed by atoms with van der Waals surface area (Å²) in [6, 6.07) is 6.14. The summed E-state index contributed by atoms with van der Waals surface area (Å²) in [7, 11) is 4.36. The van der Waals surface area contributed by atoms with Crippen molar-refractivity contribution in [1.29, 1.82) is 0 Å². The number of hydrogen-bond donors (Lipinski definition) is 0. The van der Waals surface area contributed by atoms with E-state index in [1.165, 1.54) is 12.0 Å². The van der Waals surface area contributed by atoms with Crippen LogP contribution in [0.4, 0.5) is 10.5 Å². The molecule has 3 amide bonds. The van der Waals surface area contributed by atoms with Gasteiger partial charge in [-0.3, -0.25) is 19.4 Å². The molecule has 0 N–H and O–H groups in total. The summed E-state index contributed by atoms with van der Waals surface area (Å²) < 4.78 is 10.1. The van der Waals surface area contributed by atoms with E-state index in [1.54, 1.807) is 19.1 Å². The van der Waals surface area contributed by atoms with Gasteiger partial charge in [0.1, 0.15) is 12.3 Å². The highest BCUT2D eigenvalue weighted by Crippen LogP contribution is 2.39. The summed E-state index contributed by atoms with van der Waals surface area (Å²) in [5.41, 5.74) is 1.62. The molecule has 29 heavy (non-hydrogen) atoms. The zero-order valence-electron chi connectivity index (χ0n) is 16.5. The number of methoxy groups -OCH3 is 2. The smallest absolute Gasteiger partial charge is 0.328 e. The lowest BCUT2D eigenvalue weighted by Crippen LogP contribution is -2.65. The highest BCUT2D eigenvalue weighted by molar-refractivity contribution is 6.11. The summed E-state index contributed by atoms with van der Waals surface area (Å²) in [5, 5.41) is 0. The van der Waals surface area contributed by atoms with Crippen molar-refractivity contribution in [2.45, 2.75) is 19.1 Å². The maximum absolute atomic E-state index is 13.1. The van der Waals surface area contributed by atoms with E-state index in [0.717, 1.165) is 16.3 Å². The molecule has 3 aliphatic heterocycles. The normalized spacial score (nSPS) is 23.0.